The number of amides is 1. The molecule has 0 spiro atoms. The lowest BCUT2D eigenvalue weighted by Crippen LogP contribution is -2.32. The summed E-state index contributed by atoms with van der Waals surface area (Å²) < 4.78 is 0. The maximum atomic E-state index is 12.0. The van der Waals surface area contributed by atoms with Gasteiger partial charge in [-0.05, 0) is 29.2 Å². The van der Waals surface area contributed by atoms with Crippen molar-refractivity contribution in [1.29, 1.82) is 0 Å². The number of carbonyl (C=O) groups is 1. The van der Waals surface area contributed by atoms with Crippen LogP contribution in [0.3, 0.4) is 0 Å². The van der Waals surface area contributed by atoms with E-state index in [0.29, 0.717) is 17.8 Å². The highest BCUT2D eigenvalue weighted by molar-refractivity contribution is 6.58. The van der Waals surface area contributed by atoms with Crippen LogP contribution in [-0.4, -0.2) is 23.1 Å². The Bertz CT molecular complexity index is 603. The van der Waals surface area contributed by atoms with Crippen LogP contribution in [0.15, 0.2) is 48.5 Å². The molecule has 0 aliphatic carbocycles. The lowest BCUT2D eigenvalue weighted by Gasteiger charge is -2.08. The number of carbonyl (C=O) groups excluding carboxylic acids is 1. The molecule has 0 saturated heterocycles. The van der Waals surface area contributed by atoms with E-state index in [4.69, 9.17) is 15.8 Å². The predicted molar refractivity (Wildman–Crippen MR) is 78.3 cm³/mol. The first-order chi connectivity index (χ1) is 9.56. The van der Waals surface area contributed by atoms with Crippen LogP contribution in [0.1, 0.15) is 15.9 Å². The summed E-state index contributed by atoms with van der Waals surface area (Å²) in [7, 11) is -1.65. The van der Waals surface area contributed by atoms with Crippen molar-refractivity contribution in [3.8, 4) is 0 Å². The van der Waals surface area contributed by atoms with Crippen molar-refractivity contribution in [1.82, 2.24) is 5.32 Å². The van der Waals surface area contributed by atoms with Gasteiger partial charge in [0, 0.05) is 17.8 Å². The molecule has 20 heavy (non-hydrogen) atoms. The third-order valence-corrected chi connectivity index (χ3v) is 2.83. The van der Waals surface area contributed by atoms with Gasteiger partial charge in [-0.1, -0.05) is 30.3 Å². The van der Waals surface area contributed by atoms with Crippen molar-refractivity contribution in [2.45, 2.75) is 6.54 Å². The minimum Gasteiger partial charge on any atom is -0.423 e. The Hall–Kier alpha value is -2.31. The number of hydrogen-bond acceptors (Lipinski definition) is 4. The average molecular weight is 270 g/mol. The molecule has 6 heteroatoms. The molecule has 2 aromatic carbocycles. The molecule has 0 saturated carbocycles. The number of hydrogen-bond donors (Lipinski definition) is 4. The molecule has 0 unspecified atom stereocenters. The maximum Gasteiger partial charge on any atom is 0.488 e. The van der Waals surface area contributed by atoms with Gasteiger partial charge in [0.2, 0.25) is 0 Å². The van der Waals surface area contributed by atoms with E-state index in [9.17, 15) is 4.79 Å². The first kappa shape index (κ1) is 14.1. The fourth-order valence-corrected chi connectivity index (χ4v) is 1.84. The zero-order valence-corrected chi connectivity index (χ0v) is 10.8. The van der Waals surface area contributed by atoms with E-state index in [0.717, 1.165) is 5.56 Å². The molecule has 1 amide bonds. The highest BCUT2D eigenvalue weighted by atomic mass is 16.4. The molecule has 0 bridgehead atoms. The van der Waals surface area contributed by atoms with Crippen LogP contribution in [-0.2, 0) is 6.54 Å². The minimum absolute atomic E-state index is 0.190. The molecule has 0 heterocycles. The highest BCUT2D eigenvalue weighted by Gasteiger charge is 2.15. The zero-order valence-electron chi connectivity index (χ0n) is 10.8. The monoisotopic (exact) mass is 270 g/mol. The van der Waals surface area contributed by atoms with Gasteiger partial charge in [-0.25, -0.2) is 0 Å². The van der Waals surface area contributed by atoms with Gasteiger partial charge in [0.25, 0.3) is 5.91 Å². The van der Waals surface area contributed by atoms with Crippen molar-refractivity contribution in [3.63, 3.8) is 0 Å². The SMILES string of the molecule is Nc1cc(B(O)O)cc(C(=O)NCc2ccccc2)c1. The summed E-state index contributed by atoms with van der Waals surface area (Å²) >= 11 is 0. The number of nitrogens with two attached hydrogens (primary N) is 1. The van der Waals surface area contributed by atoms with Crippen molar-refractivity contribution >= 4 is 24.2 Å². The molecule has 2 aromatic rings. The summed E-state index contributed by atoms with van der Waals surface area (Å²) in [4.78, 5) is 12.0. The van der Waals surface area contributed by atoms with Crippen LogP contribution in [0.4, 0.5) is 5.69 Å². The van der Waals surface area contributed by atoms with Crippen molar-refractivity contribution < 1.29 is 14.8 Å². The van der Waals surface area contributed by atoms with Gasteiger partial charge in [0.1, 0.15) is 0 Å². The summed E-state index contributed by atoms with van der Waals surface area (Å²) in [6, 6.07) is 13.8. The van der Waals surface area contributed by atoms with E-state index < -0.39 is 7.12 Å². The Labute approximate surface area is 117 Å². The van der Waals surface area contributed by atoms with Gasteiger partial charge < -0.3 is 21.1 Å². The van der Waals surface area contributed by atoms with E-state index in [1.807, 2.05) is 30.3 Å². The van der Waals surface area contributed by atoms with Gasteiger partial charge in [-0.2, -0.15) is 0 Å². The molecule has 0 aromatic heterocycles. The first-order valence-corrected chi connectivity index (χ1v) is 6.15. The predicted octanol–water partition coefficient (Wildman–Crippen LogP) is -0.121. The fourth-order valence-electron chi connectivity index (χ4n) is 1.84. The molecule has 2 rings (SSSR count). The van der Waals surface area contributed by atoms with Gasteiger partial charge >= 0.3 is 7.12 Å². The first-order valence-electron chi connectivity index (χ1n) is 6.15. The quantitative estimate of drug-likeness (QED) is 0.460. The number of nitrogen functional groups attached to an aromatic ring is 1. The van der Waals surface area contributed by atoms with E-state index in [1.165, 1.54) is 18.2 Å². The highest BCUT2D eigenvalue weighted by Crippen LogP contribution is 2.06. The topological polar surface area (TPSA) is 95.6 Å². The van der Waals surface area contributed by atoms with Gasteiger partial charge in [-0.15, -0.1) is 0 Å². The molecule has 0 aliphatic rings. The number of nitrogens with one attached hydrogen (secondary N) is 1. The van der Waals surface area contributed by atoms with Crippen LogP contribution in [0.5, 0.6) is 0 Å². The summed E-state index contributed by atoms with van der Waals surface area (Å²) in [5.74, 6) is -0.317. The molecule has 102 valence electrons. The average Bonchev–Trinajstić information content (AvgIpc) is 2.45. The summed E-state index contributed by atoms with van der Waals surface area (Å²) in [5.41, 5.74) is 7.41. The lowest BCUT2D eigenvalue weighted by atomic mass is 9.79. The maximum absolute atomic E-state index is 12.0. The minimum atomic E-state index is -1.65. The van der Waals surface area contributed by atoms with Crippen molar-refractivity contribution in [2.24, 2.45) is 0 Å². The summed E-state index contributed by atoms with van der Waals surface area (Å²) in [5, 5.41) is 21.0. The van der Waals surface area contributed by atoms with Crippen LogP contribution in [0, 0.1) is 0 Å². The third-order valence-electron chi connectivity index (χ3n) is 2.83. The Morgan fingerprint density at radius 1 is 1.15 bits per heavy atom. The number of anilines is 1. The zero-order chi connectivity index (χ0) is 14.5. The van der Waals surface area contributed by atoms with Crippen molar-refractivity contribution in [3.05, 3.63) is 59.7 Å². The Kier molecular flexibility index (Phi) is 4.39. The Morgan fingerprint density at radius 2 is 1.85 bits per heavy atom. The van der Waals surface area contributed by atoms with Gasteiger partial charge in [0.15, 0.2) is 0 Å². The summed E-state index contributed by atoms with van der Waals surface area (Å²) in [6.45, 7) is 0.394. The molecule has 5 nitrogen and oxygen atoms in total. The lowest BCUT2D eigenvalue weighted by molar-refractivity contribution is 0.0951. The van der Waals surface area contributed by atoms with E-state index in [1.54, 1.807) is 0 Å². The number of rotatable bonds is 4. The van der Waals surface area contributed by atoms with Crippen LogP contribution < -0.4 is 16.5 Å². The fraction of sp³-hybridized carbons (Fsp3) is 0.0714. The second-order valence-corrected chi connectivity index (χ2v) is 4.43. The standard InChI is InChI=1S/C14H15BN2O3/c16-13-7-11(6-12(8-13)15(19)20)14(18)17-9-10-4-2-1-3-5-10/h1-8,19-20H,9,16H2,(H,17,18). The van der Waals surface area contributed by atoms with E-state index in [-0.39, 0.29) is 11.4 Å². The molecule has 0 atom stereocenters. The summed E-state index contributed by atoms with van der Waals surface area (Å²) in [6.07, 6.45) is 0. The second-order valence-electron chi connectivity index (χ2n) is 4.43. The smallest absolute Gasteiger partial charge is 0.423 e. The van der Waals surface area contributed by atoms with Crippen LogP contribution in [0.2, 0.25) is 0 Å². The van der Waals surface area contributed by atoms with Crippen LogP contribution >= 0.6 is 0 Å². The molecule has 0 fully saturated rings. The largest absolute Gasteiger partial charge is 0.488 e. The molecule has 5 N–H and O–H groups in total. The molecule has 0 aliphatic heterocycles. The van der Waals surface area contributed by atoms with E-state index in [2.05, 4.69) is 5.32 Å². The molecule has 0 radical (unpaired) electrons. The number of benzene rings is 2. The normalized spacial score (nSPS) is 10.1. The third kappa shape index (κ3) is 3.60. The Balaban J connectivity index is 2.09. The Morgan fingerprint density at radius 3 is 2.50 bits per heavy atom. The van der Waals surface area contributed by atoms with Crippen molar-refractivity contribution in [2.75, 3.05) is 5.73 Å². The van der Waals surface area contributed by atoms with Gasteiger partial charge in [-0.3, -0.25) is 4.79 Å². The van der Waals surface area contributed by atoms with E-state index >= 15 is 0 Å². The molecular formula is C14H15BN2O3. The van der Waals surface area contributed by atoms with Crippen LogP contribution in [0.25, 0.3) is 0 Å². The van der Waals surface area contributed by atoms with Gasteiger partial charge in [0.05, 0.1) is 0 Å². The molecular weight excluding hydrogens is 255 g/mol. The second kappa shape index (κ2) is 6.23.